The zero-order chi connectivity index (χ0) is 13.8. The molecule has 19 heavy (non-hydrogen) atoms. The zero-order valence-corrected chi connectivity index (χ0v) is 11.4. The number of nitrogens with one attached hydrogen (secondary N) is 1. The van der Waals surface area contributed by atoms with Crippen molar-refractivity contribution >= 4 is 5.91 Å². The fourth-order valence-electron chi connectivity index (χ4n) is 2.47. The van der Waals surface area contributed by atoms with E-state index in [0.717, 1.165) is 31.6 Å². The number of amides is 1. The summed E-state index contributed by atoms with van der Waals surface area (Å²) in [6.07, 6.45) is 4.20. The first-order valence-corrected chi connectivity index (χ1v) is 6.74. The molecule has 1 saturated carbocycles. The number of carbonyl (C=O) groups is 1. The molecule has 1 amide bonds. The molecule has 2 rings (SSSR count). The molecular formula is C15H20FNO2. The molecule has 4 heteroatoms. The van der Waals surface area contributed by atoms with Crippen LogP contribution in [0, 0.1) is 11.7 Å². The summed E-state index contributed by atoms with van der Waals surface area (Å²) in [5, 5.41) is 2.91. The van der Waals surface area contributed by atoms with Crippen molar-refractivity contribution in [3.63, 3.8) is 0 Å². The maximum Gasteiger partial charge on any atom is 0.254 e. The summed E-state index contributed by atoms with van der Waals surface area (Å²) < 4.78 is 18.7. The lowest BCUT2D eigenvalue weighted by molar-refractivity contribution is 0.0919. The first kappa shape index (κ1) is 13.8. The van der Waals surface area contributed by atoms with E-state index in [4.69, 9.17) is 4.74 Å². The molecule has 1 aromatic rings. The molecule has 104 valence electrons. The molecule has 0 atom stereocenters. The van der Waals surface area contributed by atoms with E-state index in [1.54, 1.807) is 6.07 Å². The van der Waals surface area contributed by atoms with Gasteiger partial charge in [0.05, 0.1) is 12.7 Å². The van der Waals surface area contributed by atoms with Gasteiger partial charge < -0.3 is 10.1 Å². The highest BCUT2D eigenvalue weighted by molar-refractivity contribution is 5.94. The molecule has 1 fully saturated rings. The van der Waals surface area contributed by atoms with Crippen molar-refractivity contribution in [3.05, 3.63) is 29.6 Å². The molecule has 0 bridgehead atoms. The monoisotopic (exact) mass is 265 g/mol. The van der Waals surface area contributed by atoms with Crippen LogP contribution in [0.1, 0.15) is 43.0 Å². The number of benzene rings is 1. The van der Waals surface area contributed by atoms with E-state index in [9.17, 15) is 9.18 Å². The van der Waals surface area contributed by atoms with E-state index in [1.807, 2.05) is 0 Å². The quantitative estimate of drug-likeness (QED) is 0.911. The Morgan fingerprint density at radius 3 is 2.58 bits per heavy atom. The first-order valence-electron chi connectivity index (χ1n) is 6.74. The highest BCUT2D eigenvalue weighted by Gasteiger charge is 2.21. The zero-order valence-electron chi connectivity index (χ0n) is 11.4. The second kappa shape index (κ2) is 6.04. The van der Waals surface area contributed by atoms with Crippen molar-refractivity contribution in [1.82, 2.24) is 5.32 Å². The number of carbonyl (C=O) groups excluding carboxylic acids is 1. The molecule has 3 nitrogen and oxygen atoms in total. The summed E-state index contributed by atoms with van der Waals surface area (Å²) in [6, 6.07) is 4.47. The van der Waals surface area contributed by atoms with Crippen molar-refractivity contribution in [3.8, 4) is 5.75 Å². The molecule has 1 N–H and O–H groups in total. The third-order valence-corrected chi connectivity index (χ3v) is 3.77. The third-order valence-electron chi connectivity index (χ3n) is 3.77. The Kier molecular flexibility index (Phi) is 4.40. The van der Waals surface area contributed by atoms with Gasteiger partial charge in [-0.15, -0.1) is 0 Å². The van der Waals surface area contributed by atoms with Gasteiger partial charge >= 0.3 is 0 Å². The van der Waals surface area contributed by atoms with Crippen LogP contribution >= 0.6 is 0 Å². The standard InChI is InChI=1S/C15H20FNO2/c1-10-3-5-11(6-4-10)17-15(18)13-8-7-12(19-2)9-14(13)16/h7-11H,3-6H2,1-2H3,(H,17,18). The SMILES string of the molecule is COc1ccc(C(=O)NC2CCC(C)CC2)c(F)c1. The second-order valence-electron chi connectivity index (χ2n) is 5.28. The minimum atomic E-state index is -0.541. The summed E-state index contributed by atoms with van der Waals surface area (Å²) in [5.74, 6) is 0.271. The molecule has 1 aliphatic carbocycles. The highest BCUT2D eigenvalue weighted by atomic mass is 19.1. The molecule has 0 aromatic heterocycles. The molecule has 0 heterocycles. The Bertz CT molecular complexity index is 453. The van der Waals surface area contributed by atoms with Gasteiger partial charge in [0.1, 0.15) is 11.6 Å². The van der Waals surface area contributed by atoms with Crippen LogP contribution in [-0.4, -0.2) is 19.1 Å². The Labute approximate surface area is 113 Å². The largest absolute Gasteiger partial charge is 0.497 e. The van der Waals surface area contributed by atoms with Crippen LogP contribution in [0.15, 0.2) is 18.2 Å². The minimum Gasteiger partial charge on any atom is -0.497 e. The van der Waals surface area contributed by atoms with Crippen LogP contribution in [0.5, 0.6) is 5.75 Å². The number of methoxy groups -OCH3 is 1. The normalized spacial score (nSPS) is 22.9. The maximum absolute atomic E-state index is 13.8. The lowest BCUT2D eigenvalue weighted by Gasteiger charge is -2.26. The molecule has 0 radical (unpaired) electrons. The van der Waals surface area contributed by atoms with E-state index in [0.29, 0.717) is 5.75 Å². The van der Waals surface area contributed by atoms with E-state index < -0.39 is 5.82 Å². The van der Waals surface area contributed by atoms with E-state index in [-0.39, 0.29) is 17.5 Å². The summed E-state index contributed by atoms with van der Waals surface area (Å²) in [4.78, 5) is 12.0. The van der Waals surface area contributed by atoms with Gasteiger partial charge in [-0.2, -0.15) is 0 Å². The number of hydrogen-bond acceptors (Lipinski definition) is 2. The molecule has 0 saturated heterocycles. The third kappa shape index (κ3) is 3.46. The molecule has 1 aliphatic rings. The van der Waals surface area contributed by atoms with Gasteiger partial charge in [0.15, 0.2) is 0 Å². The van der Waals surface area contributed by atoms with Gasteiger partial charge in [0.25, 0.3) is 5.91 Å². The average Bonchev–Trinajstić information content (AvgIpc) is 2.41. The van der Waals surface area contributed by atoms with E-state index >= 15 is 0 Å². The Hall–Kier alpha value is -1.58. The second-order valence-corrected chi connectivity index (χ2v) is 5.28. The van der Waals surface area contributed by atoms with Gasteiger partial charge in [-0.25, -0.2) is 4.39 Å². The predicted molar refractivity (Wildman–Crippen MR) is 71.8 cm³/mol. The maximum atomic E-state index is 13.8. The number of ether oxygens (including phenoxy) is 1. The molecule has 1 aromatic carbocycles. The van der Waals surface area contributed by atoms with Gasteiger partial charge in [0.2, 0.25) is 0 Å². The van der Waals surface area contributed by atoms with E-state index in [2.05, 4.69) is 12.2 Å². The average molecular weight is 265 g/mol. The van der Waals surface area contributed by atoms with Crippen LogP contribution in [0.2, 0.25) is 0 Å². The topological polar surface area (TPSA) is 38.3 Å². The lowest BCUT2D eigenvalue weighted by atomic mass is 9.87. The highest BCUT2D eigenvalue weighted by Crippen LogP contribution is 2.24. The smallest absolute Gasteiger partial charge is 0.254 e. The molecule has 0 aliphatic heterocycles. The number of hydrogen-bond donors (Lipinski definition) is 1. The summed E-state index contributed by atoms with van der Waals surface area (Å²) in [6.45, 7) is 2.22. The predicted octanol–water partition coefficient (Wildman–Crippen LogP) is 3.14. The summed E-state index contributed by atoms with van der Waals surface area (Å²) in [7, 11) is 1.47. The Morgan fingerprint density at radius 1 is 1.32 bits per heavy atom. The van der Waals surface area contributed by atoms with Crippen molar-refractivity contribution in [2.45, 2.75) is 38.6 Å². The van der Waals surface area contributed by atoms with Crippen LogP contribution in [0.25, 0.3) is 0 Å². The number of rotatable bonds is 3. The summed E-state index contributed by atoms with van der Waals surface area (Å²) in [5.41, 5.74) is 0.0828. The van der Waals surface area contributed by atoms with Gasteiger partial charge in [-0.3, -0.25) is 4.79 Å². The van der Waals surface area contributed by atoms with E-state index in [1.165, 1.54) is 19.2 Å². The molecule has 0 unspecified atom stereocenters. The van der Waals surface area contributed by atoms with Crippen LogP contribution in [-0.2, 0) is 0 Å². The van der Waals surface area contributed by atoms with Crippen molar-refractivity contribution in [1.29, 1.82) is 0 Å². The lowest BCUT2D eigenvalue weighted by Crippen LogP contribution is -2.37. The van der Waals surface area contributed by atoms with Gasteiger partial charge in [0, 0.05) is 12.1 Å². The van der Waals surface area contributed by atoms with Crippen LogP contribution < -0.4 is 10.1 Å². The van der Waals surface area contributed by atoms with Crippen molar-refractivity contribution in [2.24, 2.45) is 5.92 Å². The van der Waals surface area contributed by atoms with Gasteiger partial charge in [-0.05, 0) is 43.7 Å². The van der Waals surface area contributed by atoms with Gasteiger partial charge in [-0.1, -0.05) is 6.92 Å². The van der Waals surface area contributed by atoms with Crippen LogP contribution in [0.3, 0.4) is 0 Å². The van der Waals surface area contributed by atoms with Crippen molar-refractivity contribution < 1.29 is 13.9 Å². The fourth-order valence-corrected chi connectivity index (χ4v) is 2.47. The number of halogens is 1. The Morgan fingerprint density at radius 2 is 2.00 bits per heavy atom. The summed E-state index contributed by atoms with van der Waals surface area (Å²) >= 11 is 0. The molecular weight excluding hydrogens is 245 g/mol. The van der Waals surface area contributed by atoms with Crippen molar-refractivity contribution in [2.75, 3.05) is 7.11 Å². The van der Waals surface area contributed by atoms with Crippen LogP contribution in [0.4, 0.5) is 4.39 Å². The molecule has 0 spiro atoms. The first-order chi connectivity index (χ1) is 9.10. The minimum absolute atomic E-state index is 0.0828. The fraction of sp³-hybridized carbons (Fsp3) is 0.533. The Balaban J connectivity index is 2.00.